The summed E-state index contributed by atoms with van der Waals surface area (Å²) in [4.78, 5) is 37.7. The number of nitro groups is 1. The summed E-state index contributed by atoms with van der Waals surface area (Å²) in [6.07, 6.45) is 0.897. The first kappa shape index (κ1) is 14.8. The molecule has 1 heterocycles. The van der Waals surface area contributed by atoms with E-state index in [0.29, 0.717) is 0 Å². The Balaban J connectivity index is 3.19. The number of halogens is 1. The van der Waals surface area contributed by atoms with Crippen LogP contribution in [0.25, 0.3) is 0 Å². The monoisotopic (exact) mass is 286 g/mol. The van der Waals surface area contributed by atoms with Gasteiger partial charge in [0.2, 0.25) is 5.91 Å². The van der Waals surface area contributed by atoms with Gasteiger partial charge < -0.3 is 10.6 Å². The van der Waals surface area contributed by atoms with Crippen LogP contribution in [-0.4, -0.2) is 39.7 Å². The van der Waals surface area contributed by atoms with Crippen LogP contribution in [-0.2, 0) is 4.79 Å². The molecule has 0 aliphatic carbocycles. The van der Waals surface area contributed by atoms with Crippen LogP contribution in [0.2, 0.25) is 5.15 Å². The minimum absolute atomic E-state index is 0.0518. The predicted molar refractivity (Wildman–Crippen MR) is 66.7 cm³/mol. The van der Waals surface area contributed by atoms with Crippen LogP contribution in [0, 0.1) is 10.1 Å². The lowest BCUT2D eigenvalue weighted by Gasteiger charge is -2.18. The summed E-state index contributed by atoms with van der Waals surface area (Å²) < 4.78 is 0. The summed E-state index contributed by atoms with van der Waals surface area (Å²) in [6, 6.07) is 1.09. The number of carbonyl (C=O) groups is 2. The van der Waals surface area contributed by atoms with Gasteiger partial charge in [0.1, 0.15) is 16.9 Å². The lowest BCUT2D eigenvalue weighted by molar-refractivity contribution is -0.385. The molecule has 2 amide bonds. The number of likely N-dealkylation sites (N-methyl/N-ethyl adjacent to an activating group) is 1. The van der Waals surface area contributed by atoms with Crippen molar-refractivity contribution in [1.29, 1.82) is 0 Å². The van der Waals surface area contributed by atoms with Crippen LogP contribution in [0.4, 0.5) is 5.69 Å². The smallest absolute Gasteiger partial charge is 0.300 e. The van der Waals surface area contributed by atoms with Gasteiger partial charge in [-0.25, -0.2) is 4.98 Å². The summed E-state index contributed by atoms with van der Waals surface area (Å²) in [5, 5.41) is 10.8. The first-order valence-electron chi connectivity index (χ1n) is 5.24. The largest absolute Gasteiger partial charge is 0.368 e. The van der Waals surface area contributed by atoms with E-state index < -0.39 is 22.4 Å². The lowest BCUT2D eigenvalue weighted by Crippen LogP contribution is -2.38. The van der Waals surface area contributed by atoms with E-state index in [2.05, 4.69) is 4.98 Å². The molecule has 1 aromatic rings. The second kappa shape index (κ2) is 6.10. The van der Waals surface area contributed by atoms with Crippen LogP contribution in [0.15, 0.2) is 12.3 Å². The number of primary amides is 1. The molecule has 0 fully saturated rings. The van der Waals surface area contributed by atoms with Crippen LogP contribution >= 0.6 is 11.6 Å². The van der Waals surface area contributed by atoms with E-state index in [1.165, 1.54) is 0 Å². The number of nitrogens with two attached hydrogens (primary N) is 1. The minimum Gasteiger partial charge on any atom is -0.368 e. The van der Waals surface area contributed by atoms with Crippen molar-refractivity contribution >= 4 is 29.1 Å². The third kappa shape index (κ3) is 3.62. The van der Waals surface area contributed by atoms with Crippen molar-refractivity contribution in [3.05, 3.63) is 33.1 Å². The lowest BCUT2D eigenvalue weighted by atomic mass is 10.2. The van der Waals surface area contributed by atoms with Gasteiger partial charge in [0, 0.05) is 6.54 Å². The van der Waals surface area contributed by atoms with E-state index >= 15 is 0 Å². The van der Waals surface area contributed by atoms with E-state index in [1.54, 1.807) is 6.92 Å². The van der Waals surface area contributed by atoms with Gasteiger partial charge >= 0.3 is 0 Å². The summed E-state index contributed by atoms with van der Waals surface area (Å²) in [5.41, 5.74) is 4.30. The first-order chi connectivity index (χ1) is 8.86. The zero-order chi connectivity index (χ0) is 14.6. The maximum Gasteiger partial charge on any atom is 0.300 e. The van der Waals surface area contributed by atoms with Crippen LogP contribution in [0.1, 0.15) is 17.3 Å². The number of pyridine rings is 1. The van der Waals surface area contributed by atoms with Crippen molar-refractivity contribution in [2.24, 2.45) is 5.73 Å². The molecule has 0 saturated heterocycles. The molecule has 0 unspecified atom stereocenters. The predicted octanol–water partition coefficient (Wildman–Crippen LogP) is 0.591. The van der Waals surface area contributed by atoms with E-state index in [9.17, 15) is 19.7 Å². The van der Waals surface area contributed by atoms with E-state index in [1.807, 2.05) is 0 Å². The number of aromatic nitrogens is 1. The fourth-order valence-electron chi connectivity index (χ4n) is 1.43. The molecular weight excluding hydrogens is 276 g/mol. The molecule has 0 aliphatic rings. The molecule has 102 valence electrons. The second-order valence-electron chi connectivity index (χ2n) is 3.57. The number of nitrogens with zero attached hydrogens (tertiary/aromatic N) is 3. The van der Waals surface area contributed by atoms with Gasteiger partial charge in [-0.05, 0) is 13.0 Å². The molecule has 0 atom stereocenters. The molecule has 0 aliphatic heterocycles. The standard InChI is InChI=1S/C10H11ClN4O4/c1-2-14(5-9(12)16)10(17)6-3-8(11)13-4-7(6)15(18)19/h3-4H,2,5H2,1H3,(H2,12,16). The number of hydrogen-bond donors (Lipinski definition) is 1. The molecule has 0 spiro atoms. The third-order valence-corrected chi connectivity index (χ3v) is 2.50. The molecule has 0 saturated carbocycles. The molecule has 0 bridgehead atoms. The summed E-state index contributed by atoms with van der Waals surface area (Å²) in [5.74, 6) is -1.41. The van der Waals surface area contributed by atoms with Crippen LogP contribution < -0.4 is 5.73 Å². The minimum atomic E-state index is -0.741. The molecular formula is C10H11ClN4O4. The Labute approximate surface area is 113 Å². The first-order valence-corrected chi connectivity index (χ1v) is 5.62. The Hall–Kier alpha value is -2.22. The number of hydrogen-bond acceptors (Lipinski definition) is 5. The highest BCUT2D eigenvalue weighted by atomic mass is 35.5. The van der Waals surface area contributed by atoms with Crippen molar-refractivity contribution in [3.8, 4) is 0 Å². The van der Waals surface area contributed by atoms with Crippen molar-refractivity contribution < 1.29 is 14.5 Å². The Kier molecular flexibility index (Phi) is 4.76. The highest BCUT2D eigenvalue weighted by Crippen LogP contribution is 2.21. The molecule has 2 N–H and O–H groups in total. The van der Waals surface area contributed by atoms with E-state index in [0.717, 1.165) is 17.2 Å². The zero-order valence-corrected chi connectivity index (χ0v) is 10.8. The highest BCUT2D eigenvalue weighted by molar-refractivity contribution is 6.29. The van der Waals surface area contributed by atoms with Crippen LogP contribution in [0.3, 0.4) is 0 Å². The average molecular weight is 287 g/mol. The van der Waals surface area contributed by atoms with Gasteiger partial charge in [0.15, 0.2) is 0 Å². The van der Waals surface area contributed by atoms with Gasteiger partial charge in [-0.1, -0.05) is 11.6 Å². The summed E-state index contributed by atoms with van der Waals surface area (Å²) in [7, 11) is 0. The SMILES string of the molecule is CCN(CC(N)=O)C(=O)c1cc(Cl)ncc1[N+](=O)[O-]. The van der Waals surface area contributed by atoms with Crippen molar-refractivity contribution in [3.63, 3.8) is 0 Å². The van der Waals surface area contributed by atoms with Gasteiger partial charge in [-0.2, -0.15) is 0 Å². The maximum atomic E-state index is 12.1. The molecule has 0 radical (unpaired) electrons. The second-order valence-corrected chi connectivity index (χ2v) is 3.95. The Morgan fingerprint density at radius 2 is 2.21 bits per heavy atom. The summed E-state index contributed by atoms with van der Waals surface area (Å²) in [6.45, 7) is 1.47. The fraction of sp³-hybridized carbons (Fsp3) is 0.300. The van der Waals surface area contributed by atoms with Gasteiger partial charge in [0.05, 0.1) is 11.5 Å². The fourth-order valence-corrected chi connectivity index (χ4v) is 1.58. The van der Waals surface area contributed by atoms with Gasteiger partial charge in [0.25, 0.3) is 11.6 Å². The number of amides is 2. The Morgan fingerprint density at radius 3 is 2.68 bits per heavy atom. The van der Waals surface area contributed by atoms with Crippen molar-refractivity contribution in [2.45, 2.75) is 6.92 Å². The topological polar surface area (TPSA) is 119 Å². The van der Waals surface area contributed by atoms with Crippen molar-refractivity contribution in [1.82, 2.24) is 9.88 Å². The Morgan fingerprint density at radius 1 is 1.58 bits per heavy atom. The van der Waals surface area contributed by atoms with Crippen molar-refractivity contribution in [2.75, 3.05) is 13.1 Å². The third-order valence-electron chi connectivity index (χ3n) is 2.29. The zero-order valence-electron chi connectivity index (χ0n) is 10.00. The number of carbonyl (C=O) groups excluding carboxylic acids is 2. The van der Waals surface area contributed by atoms with E-state index in [-0.39, 0.29) is 23.8 Å². The van der Waals surface area contributed by atoms with E-state index in [4.69, 9.17) is 17.3 Å². The molecule has 8 nitrogen and oxygen atoms in total. The highest BCUT2D eigenvalue weighted by Gasteiger charge is 2.25. The summed E-state index contributed by atoms with van der Waals surface area (Å²) >= 11 is 5.62. The normalized spacial score (nSPS) is 10.0. The quantitative estimate of drug-likeness (QED) is 0.482. The Bertz CT molecular complexity index is 534. The molecule has 0 aromatic carbocycles. The van der Waals surface area contributed by atoms with Gasteiger partial charge in [-0.15, -0.1) is 0 Å². The number of rotatable bonds is 5. The maximum absolute atomic E-state index is 12.1. The molecule has 1 rings (SSSR count). The van der Waals surface area contributed by atoms with Crippen LogP contribution in [0.5, 0.6) is 0 Å². The average Bonchev–Trinajstić information content (AvgIpc) is 2.34. The molecule has 19 heavy (non-hydrogen) atoms. The molecule has 9 heteroatoms. The molecule has 1 aromatic heterocycles. The van der Waals surface area contributed by atoms with Gasteiger partial charge in [-0.3, -0.25) is 19.7 Å².